The zero-order chi connectivity index (χ0) is 31.9. The number of nitrogens with zero attached hydrogens (tertiary/aromatic N) is 5. The second-order valence-electron chi connectivity index (χ2n) is 8.08. The van der Waals surface area contributed by atoms with Gasteiger partial charge >= 0.3 is 5.97 Å². The predicted octanol–water partition coefficient (Wildman–Crippen LogP) is 7.05. The Morgan fingerprint density at radius 3 is 2.16 bits per heavy atom. The lowest BCUT2D eigenvalue weighted by Crippen LogP contribution is -1.99. The van der Waals surface area contributed by atoms with Crippen LogP contribution in [0.15, 0.2) is 95.8 Å². The van der Waals surface area contributed by atoms with Crippen LogP contribution < -0.4 is 0 Å². The van der Waals surface area contributed by atoms with Gasteiger partial charge in [-0.25, -0.2) is 15.3 Å². The predicted molar refractivity (Wildman–Crippen MR) is 150 cm³/mol. The lowest BCUT2D eigenvalue weighted by atomic mass is 10.0. The minimum absolute atomic E-state index is 0.0426. The molecule has 0 heterocycles. The van der Waals surface area contributed by atoms with Gasteiger partial charge in [0.15, 0.2) is 5.75 Å². The van der Waals surface area contributed by atoms with E-state index in [0.717, 1.165) is 24.2 Å². The summed E-state index contributed by atoms with van der Waals surface area (Å²) in [6, 6.07) is 14.9. The smallest absolute Gasteiger partial charge is 0.338 e. The van der Waals surface area contributed by atoms with Crippen LogP contribution in [0.2, 0.25) is 0 Å². The fourth-order valence-corrected chi connectivity index (χ4v) is 4.99. The molecule has 0 radical (unpaired) electrons. The summed E-state index contributed by atoms with van der Waals surface area (Å²) in [5.41, 5.74) is -0.691. The monoisotopic (exact) mass is 661 g/mol. The Bertz CT molecular complexity index is 1930. The van der Waals surface area contributed by atoms with Crippen LogP contribution in [0.1, 0.15) is 15.9 Å². The molecule has 44 heavy (non-hydrogen) atoms. The lowest BCUT2D eigenvalue weighted by molar-refractivity contribution is -0.432. The molecule has 0 unspecified atom stereocenters. The van der Waals surface area contributed by atoms with E-state index in [0.29, 0.717) is 22.6 Å². The van der Waals surface area contributed by atoms with Crippen LogP contribution in [-0.4, -0.2) is 39.7 Å². The van der Waals surface area contributed by atoms with Crippen molar-refractivity contribution in [2.75, 3.05) is 0 Å². The van der Waals surface area contributed by atoms with Gasteiger partial charge in [-0.2, -0.15) is 23.9 Å². The Labute approximate surface area is 254 Å². The van der Waals surface area contributed by atoms with Gasteiger partial charge in [-0.1, -0.05) is 10.1 Å². The molecule has 0 aliphatic carbocycles. The SMILES string of the molecule is N#Cc1cc(S(=O)(=O)O)cc2cc(SOOO)c(/N=N/c3ccc(/N=N/c4ccc(SOOO)cc4)cc3C(=O)O)c(O)c12. The molecule has 0 aromatic heterocycles. The highest BCUT2D eigenvalue weighted by atomic mass is 32.2. The zero-order valence-corrected chi connectivity index (χ0v) is 23.8. The average Bonchev–Trinajstić information content (AvgIpc) is 3.00. The van der Waals surface area contributed by atoms with Crippen molar-refractivity contribution in [1.29, 1.82) is 5.26 Å². The summed E-state index contributed by atoms with van der Waals surface area (Å²) in [5, 5.41) is 69.9. The largest absolute Gasteiger partial charge is 0.505 e. The number of azo groups is 2. The summed E-state index contributed by atoms with van der Waals surface area (Å²) in [7, 11) is -4.73. The molecule has 0 fully saturated rings. The van der Waals surface area contributed by atoms with Crippen LogP contribution in [0.3, 0.4) is 0 Å². The fourth-order valence-electron chi connectivity index (χ4n) is 3.60. The van der Waals surface area contributed by atoms with Crippen LogP contribution in [0.25, 0.3) is 10.8 Å². The number of rotatable bonds is 12. The first kappa shape index (κ1) is 32.4. The first-order valence-corrected chi connectivity index (χ1v) is 14.3. The minimum atomic E-state index is -4.73. The topological polar surface area (TPSA) is 263 Å². The van der Waals surface area contributed by atoms with E-state index in [9.17, 15) is 33.2 Å². The van der Waals surface area contributed by atoms with E-state index < -0.39 is 26.7 Å². The molecule has 0 aliphatic heterocycles. The number of aromatic carboxylic acids is 1. The Morgan fingerprint density at radius 2 is 1.52 bits per heavy atom. The third-order valence-corrected chi connectivity index (χ3v) is 7.49. The quantitative estimate of drug-likeness (QED) is 0.0335. The summed E-state index contributed by atoms with van der Waals surface area (Å²) < 4.78 is 41.5. The molecule has 20 heteroatoms. The van der Waals surface area contributed by atoms with E-state index in [1.807, 2.05) is 0 Å². The second kappa shape index (κ2) is 14.3. The number of aromatic hydroxyl groups is 1. The van der Waals surface area contributed by atoms with Crippen molar-refractivity contribution in [1.82, 2.24) is 0 Å². The number of benzene rings is 4. The van der Waals surface area contributed by atoms with Crippen molar-refractivity contribution in [3.63, 3.8) is 0 Å². The summed E-state index contributed by atoms with van der Waals surface area (Å²) in [4.78, 5) is 11.8. The summed E-state index contributed by atoms with van der Waals surface area (Å²) in [6.45, 7) is 0. The van der Waals surface area contributed by atoms with Gasteiger partial charge in [-0.05, 0) is 66.0 Å². The van der Waals surface area contributed by atoms with Crippen molar-refractivity contribution < 1.29 is 57.2 Å². The Balaban J connectivity index is 1.73. The number of carboxylic acid groups (broad SMARTS) is 1. The normalized spacial score (nSPS) is 11.9. The minimum Gasteiger partial charge on any atom is -0.505 e. The van der Waals surface area contributed by atoms with Crippen molar-refractivity contribution in [2.24, 2.45) is 20.5 Å². The van der Waals surface area contributed by atoms with Gasteiger partial charge in [0.25, 0.3) is 10.1 Å². The van der Waals surface area contributed by atoms with Gasteiger partial charge in [-0.15, -0.1) is 18.9 Å². The number of fused-ring (bicyclic) bond motifs is 1. The van der Waals surface area contributed by atoms with E-state index in [2.05, 4.69) is 39.2 Å². The Morgan fingerprint density at radius 1 is 0.864 bits per heavy atom. The number of carbonyl (C=O) groups is 1. The molecule has 0 amide bonds. The summed E-state index contributed by atoms with van der Waals surface area (Å²) >= 11 is 1.06. The Hall–Kier alpha value is -4.53. The molecular weight excluding hydrogens is 646 g/mol. The van der Waals surface area contributed by atoms with Crippen LogP contribution in [0, 0.1) is 11.3 Å². The first-order chi connectivity index (χ1) is 21.0. The molecule has 0 saturated heterocycles. The molecule has 0 bridgehead atoms. The average molecular weight is 662 g/mol. The third kappa shape index (κ3) is 7.70. The van der Waals surface area contributed by atoms with E-state index >= 15 is 0 Å². The number of hydrogen-bond donors (Lipinski definition) is 5. The molecule has 226 valence electrons. The maximum atomic E-state index is 12.0. The van der Waals surface area contributed by atoms with Gasteiger partial charge in [-0.3, -0.25) is 4.55 Å². The molecule has 4 rings (SSSR count). The molecule has 17 nitrogen and oxygen atoms in total. The van der Waals surface area contributed by atoms with Gasteiger partial charge < -0.3 is 10.2 Å². The highest BCUT2D eigenvalue weighted by Gasteiger charge is 2.21. The molecule has 0 saturated carbocycles. The van der Waals surface area contributed by atoms with E-state index in [4.69, 9.17) is 10.5 Å². The van der Waals surface area contributed by atoms with Gasteiger partial charge in [0.2, 0.25) is 0 Å². The number of hydrogen-bond acceptors (Lipinski definition) is 17. The van der Waals surface area contributed by atoms with Crippen LogP contribution in [0.5, 0.6) is 5.75 Å². The number of nitriles is 1. The maximum Gasteiger partial charge on any atom is 0.338 e. The molecule has 0 aliphatic rings. The van der Waals surface area contributed by atoms with Crippen LogP contribution >= 0.6 is 24.1 Å². The van der Waals surface area contributed by atoms with Gasteiger partial charge in [0, 0.05) is 10.3 Å². The van der Waals surface area contributed by atoms with Crippen molar-refractivity contribution in [3.8, 4) is 11.8 Å². The second-order valence-corrected chi connectivity index (χ2v) is 11.0. The van der Waals surface area contributed by atoms with Crippen LogP contribution in [0.4, 0.5) is 22.7 Å². The summed E-state index contributed by atoms with van der Waals surface area (Å²) in [6.07, 6.45) is 0. The number of phenols is 1. The van der Waals surface area contributed by atoms with Gasteiger partial charge in [0.1, 0.15) is 11.4 Å². The van der Waals surface area contributed by atoms with E-state index in [-0.39, 0.29) is 43.9 Å². The number of phenolic OH excluding ortho intramolecular Hbond substituents is 1. The van der Waals surface area contributed by atoms with Gasteiger partial charge in [0.05, 0.1) is 62.4 Å². The van der Waals surface area contributed by atoms with Crippen molar-refractivity contribution in [2.45, 2.75) is 14.7 Å². The standard InChI is InChI=1S/C24H15N5O12S3/c25-11-13-8-17(44(35,36)37)7-12-9-20(43-41-39-34)22(23(30)21(12)13)29-28-19-6-3-15(10-18(19)24(31)32)27-26-14-1-4-16(5-2-14)42-40-38-33/h1-10,30,33-34H,(H,31,32)(H,35,36,37)/b27-26+,29-28+. The molecule has 5 N–H and O–H groups in total. The number of carboxylic acids is 1. The Kier molecular flexibility index (Phi) is 10.5. The van der Waals surface area contributed by atoms with Crippen molar-refractivity contribution in [3.05, 3.63) is 71.8 Å². The third-order valence-electron chi connectivity index (χ3n) is 5.44. The summed E-state index contributed by atoms with van der Waals surface area (Å²) in [5.74, 6) is -2.08. The zero-order valence-electron chi connectivity index (χ0n) is 21.3. The molecule has 4 aromatic carbocycles. The highest BCUT2D eigenvalue weighted by Crippen LogP contribution is 2.46. The first-order valence-electron chi connectivity index (χ1n) is 11.4. The maximum absolute atomic E-state index is 12.0. The fraction of sp³-hybridized carbons (Fsp3) is 0. The van der Waals surface area contributed by atoms with Crippen LogP contribution in [-0.2, 0) is 28.9 Å². The molecule has 0 atom stereocenters. The lowest BCUT2D eigenvalue weighted by Gasteiger charge is -2.11. The van der Waals surface area contributed by atoms with E-state index in [1.165, 1.54) is 24.3 Å². The molecule has 0 spiro atoms. The highest BCUT2D eigenvalue weighted by molar-refractivity contribution is 7.94. The molecule has 4 aromatic rings. The van der Waals surface area contributed by atoms with Crippen molar-refractivity contribution >= 4 is 73.7 Å². The van der Waals surface area contributed by atoms with E-state index in [1.54, 1.807) is 30.3 Å². The molecular formula is C24H15N5O12S3.